The standard InChI is InChI=1S/C20H18N2O4S/c1-13-5-7-14(8-6-13)19(18-4-3-11-27-18)21-20(23)15-9-10-17(26-2)16(12-15)22(24)25/h3-12,19H,1-2H3,(H,21,23). The van der Waals surface area contributed by atoms with Gasteiger partial charge in [-0.15, -0.1) is 11.3 Å². The SMILES string of the molecule is COc1ccc(C(=O)NC(c2ccc(C)cc2)c2cccs2)cc1[N+](=O)[O-]. The van der Waals surface area contributed by atoms with Crippen LogP contribution >= 0.6 is 11.3 Å². The number of nitro groups is 1. The number of thiophene rings is 1. The molecule has 1 N–H and O–H groups in total. The molecule has 6 nitrogen and oxygen atoms in total. The highest BCUT2D eigenvalue weighted by molar-refractivity contribution is 7.10. The molecule has 27 heavy (non-hydrogen) atoms. The molecule has 0 aliphatic rings. The Hall–Kier alpha value is -3.19. The fourth-order valence-electron chi connectivity index (χ4n) is 2.72. The Morgan fingerprint density at radius 1 is 1.19 bits per heavy atom. The molecule has 0 saturated carbocycles. The third kappa shape index (κ3) is 4.15. The molecule has 1 heterocycles. The van der Waals surface area contributed by atoms with Crippen molar-refractivity contribution in [2.75, 3.05) is 7.11 Å². The van der Waals surface area contributed by atoms with Gasteiger partial charge in [-0.25, -0.2) is 0 Å². The fourth-order valence-corrected chi connectivity index (χ4v) is 3.52. The minimum atomic E-state index is -0.563. The summed E-state index contributed by atoms with van der Waals surface area (Å²) in [4.78, 5) is 24.4. The van der Waals surface area contributed by atoms with Crippen molar-refractivity contribution < 1.29 is 14.5 Å². The van der Waals surface area contributed by atoms with Crippen molar-refractivity contribution in [3.8, 4) is 5.75 Å². The summed E-state index contributed by atoms with van der Waals surface area (Å²) < 4.78 is 4.99. The van der Waals surface area contributed by atoms with Crippen molar-refractivity contribution in [3.05, 3.63) is 91.7 Å². The Bertz CT molecular complexity index is 953. The molecule has 0 saturated heterocycles. The minimum Gasteiger partial charge on any atom is -0.490 e. The van der Waals surface area contributed by atoms with E-state index in [9.17, 15) is 14.9 Å². The van der Waals surface area contributed by atoms with Crippen LogP contribution in [0, 0.1) is 17.0 Å². The number of methoxy groups -OCH3 is 1. The van der Waals surface area contributed by atoms with Crippen molar-refractivity contribution >= 4 is 22.9 Å². The molecule has 0 fully saturated rings. The molecule has 3 aromatic rings. The highest BCUT2D eigenvalue weighted by Crippen LogP contribution is 2.29. The van der Waals surface area contributed by atoms with Crippen LogP contribution in [0.1, 0.15) is 32.4 Å². The lowest BCUT2D eigenvalue weighted by Gasteiger charge is -2.18. The molecule has 1 unspecified atom stereocenters. The summed E-state index contributed by atoms with van der Waals surface area (Å²) in [6.07, 6.45) is 0. The van der Waals surface area contributed by atoms with Crippen molar-refractivity contribution in [1.29, 1.82) is 0 Å². The van der Waals surface area contributed by atoms with Gasteiger partial charge in [-0.1, -0.05) is 35.9 Å². The molecular formula is C20H18N2O4S. The highest BCUT2D eigenvalue weighted by atomic mass is 32.1. The maximum Gasteiger partial charge on any atom is 0.311 e. The summed E-state index contributed by atoms with van der Waals surface area (Å²) in [7, 11) is 1.35. The van der Waals surface area contributed by atoms with E-state index >= 15 is 0 Å². The largest absolute Gasteiger partial charge is 0.490 e. The number of benzene rings is 2. The third-order valence-electron chi connectivity index (χ3n) is 4.15. The van der Waals surface area contributed by atoms with E-state index in [1.807, 2.05) is 48.7 Å². The maximum atomic E-state index is 12.8. The Morgan fingerprint density at radius 2 is 1.93 bits per heavy atom. The molecule has 1 amide bonds. The zero-order valence-corrected chi connectivity index (χ0v) is 15.7. The smallest absolute Gasteiger partial charge is 0.311 e. The lowest BCUT2D eigenvalue weighted by Crippen LogP contribution is -2.28. The van der Waals surface area contributed by atoms with Crippen LogP contribution in [-0.2, 0) is 0 Å². The van der Waals surface area contributed by atoms with Crippen molar-refractivity contribution in [2.45, 2.75) is 13.0 Å². The van der Waals surface area contributed by atoms with Gasteiger partial charge in [-0.2, -0.15) is 0 Å². The number of amides is 1. The maximum absolute atomic E-state index is 12.8. The van der Waals surface area contributed by atoms with Gasteiger partial charge in [0.05, 0.1) is 18.1 Å². The predicted octanol–water partition coefficient (Wildman–Crippen LogP) is 4.49. The van der Waals surface area contributed by atoms with Gasteiger partial charge in [0.2, 0.25) is 0 Å². The average molecular weight is 382 g/mol. The minimum absolute atomic E-state index is 0.116. The van der Waals surface area contributed by atoms with Crippen LogP contribution in [0.25, 0.3) is 0 Å². The molecule has 1 aromatic heterocycles. The summed E-state index contributed by atoms with van der Waals surface area (Å²) in [5.74, 6) is -0.274. The van der Waals surface area contributed by atoms with E-state index in [2.05, 4.69) is 5.32 Å². The summed E-state index contributed by atoms with van der Waals surface area (Å²) in [5, 5.41) is 16.1. The first-order chi connectivity index (χ1) is 13.0. The number of nitrogens with one attached hydrogen (secondary N) is 1. The van der Waals surface area contributed by atoms with Gasteiger partial charge in [0.15, 0.2) is 5.75 Å². The molecule has 7 heteroatoms. The van der Waals surface area contributed by atoms with Gasteiger partial charge in [0, 0.05) is 16.5 Å². The third-order valence-corrected chi connectivity index (χ3v) is 5.09. The van der Waals surface area contributed by atoms with E-state index in [-0.39, 0.29) is 28.9 Å². The first-order valence-corrected chi connectivity index (χ1v) is 9.11. The number of nitro benzene ring substituents is 1. The molecule has 138 valence electrons. The van der Waals surface area contributed by atoms with Crippen LogP contribution in [-0.4, -0.2) is 17.9 Å². The number of nitrogens with zero attached hydrogens (tertiary/aromatic N) is 1. The highest BCUT2D eigenvalue weighted by Gasteiger charge is 2.22. The van der Waals surface area contributed by atoms with Gasteiger partial charge in [-0.3, -0.25) is 14.9 Å². The van der Waals surface area contributed by atoms with Crippen molar-refractivity contribution in [2.24, 2.45) is 0 Å². The second kappa shape index (κ2) is 8.01. The second-order valence-electron chi connectivity index (χ2n) is 5.98. The first-order valence-electron chi connectivity index (χ1n) is 8.23. The van der Waals surface area contributed by atoms with Gasteiger partial charge in [0.25, 0.3) is 5.91 Å². The van der Waals surface area contributed by atoms with Crippen LogP contribution < -0.4 is 10.1 Å². The van der Waals surface area contributed by atoms with Crippen LogP contribution in [0.2, 0.25) is 0 Å². The fraction of sp³-hybridized carbons (Fsp3) is 0.150. The van der Waals surface area contributed by atoms with Crippen LogP contribution in [0.3, 0.4) is 0 Å². The number of ether oxygens (including phenoxy) is 1. The van der Waals surface area contributed by atoms with Crippen molar-refractivity contribution in [1.82, 2.24) is 5.32 Å². The van der Waals surface area contributed by atoms with Gasteiger partial charge < -0.3 is 10.1 Å². The van der Waals surface area contributed by atoms with Gasteiger partial charge >= 0.3 is 5.69 Å². The normalized spacial score (nSPS) is 11.6. The first kappa shape index (κ1) is 18.6. The zero-order chi connectivity index (χ0) is 19.4. The van der Waals surface area contributed by atoms with E-state index < -0.39 is 4.92 Å². The topological polar surface area (TPSA) is 81.5 Å². The van der Waals surface area contributed by atoms with Gasteiger partial charge in [-0.05, 0) is 36.1 Å². The number of hydrogen-bond donors (Lipinski definition) is 1. The Morgan fingerprint density at radius 3 is 2.52 bits per heavy atom. The predicted molar refractivity (Wildman–Crippen MR) is 104 cm³/mol. The molecule has 0 aliphatic carbocycles. The summed E-state index contributed by atoms with van der Waals surface area (Å²) in [6, 6.07) is 15.6. The second-order valence-corrected chi connectivity index (χ2v) is 6.96. The lowest BCUT2D eigenvalue weighted by atomic mass is 10.0. The number of carbonyl (C=O) groups excluding carboxylic acids is 1. The molecule has 0 aliphatic heterocycles. The molecular weight excluding hydrogens is 364 g/mol. The monoisotopic (exact) mass is 382 g/mol. The van der Waals surface area contributed by atoms with Crippen LogP contribution in [0.15, 0.2) is 60.0 Å². The number of aryl methyl sites for hydroxylation is 1. The van der Waals surface area contributed by atoms with Crippen molar-refractivity contribution in [3.63, 3.8) is 0 Å². The Kier molecular flexibility index (Phi) is 5.52. The molecule has 0 bridgehead atoms. The number of hydrogen-bond acceptors (Lipinski definition) is 5. The van der Waals surface area contributed by atoms with Crippen LogP contribution in [0.5, 0.6) is 5.75 Å². The van der Waals surface area contributed by atoms with E-state index in [0.717, 1.165) is 16.0 Å². The Balaban J connectivity index is 1.92. The Labute approximate surface area is 160 Å². The lowest BCUT2D eigenvalue weighted by molar-refractivity contribution is -0.385. The molecule has 0 radical (unpaired) electrons. The average Bonchev–Trinajstić information content (AvgIpc) is 3.20. The molecule has 3 rings (SSSR count). The van der Waals surface area contributed by atoms with E-state index in [1.165, 1.54) is 36.6 Å². The molecule has 0 spiro atoms. The van der Waals surface area contributed by atoms with E-state index in [4.69, 9.17) is 4.74 Å². The number of rotatable bonds is 6. The molecule has 2 aromatic carbocycles. The number of carbonyl (C=O) groups is 1. The van der Waals surface area contributed by atoms with Gasteiger partial charge in [0.1, 0.15) is 0 Å². The quantitative estimate of drug-likeness (QED) is 0.503. The zero-order valence-electron chi connectivity index (χ0n) is 14.8. The summed E-state index contributed by atoms with van der Waals surface area (Å²) in [6.45, 7) is 2.00. The molecule has 1 atom stereocenters. The van der Waals surface area contributed by atoms with E-state index in [0.29, 0.717) is 0 Å². The van der Waals surface area contributed by atoms with E-state index in [1.54, 1.807) is 0 Å². The summed E-state index contributed by atoms with van der Waals surface area (Å²) >= 11 is 1.54. The van der Waals surface area contributed by atoms with Crippen LogP contribution in [0.4, 0.5) is 5.69 Å². The summed E-state index contributed by atoms with van der Waals surface area (Å²) in [5.41, 5.74) is 2.03.